The SMILES string of the molecule is CC1CCCC(CNCC#N)C1. The summed E-state index contributed by atoms with van der Waals surface area (Å²) in [7, 11) is 0. The monoisotopic (exact) mass is 166 g/mol. The normalized spacial score (nSPS) is 29.7. The summed E-state index contributed by atoms with van der Waals surface area (Å²) < 4.78 is 0. The molecule has 68 valence electrons. The zero-order chi connectivity index (χ0) is 8.81. The Kier molecular flexibility index (Phi) is 4.10. The Labute approximate surface area is 75.0 Å². The number of hydrogen-bond donors (Lipinski definition) is 1. The van der Waals surface area contributed by atoms with Crippen molar-refractivity contribution < 1.29 is 0 Å². The molecule has 0 saturated heterocycles. The van der Waals surface area contributed by atoms with Gasteiger partial charge in [-0.25, -0.2) is 0 Å². The highest BCUT2D eigenvalue weighted by Crippen LogP contribution is 2.27. The predicted molar refractivity (Wildman–Crippen MR) is 49.6 cm³/mol. The van der Waals surface area contributed by atoms with Crippen LogP contribution in [0.2, 0.25) is 0 Å². The zero-order valence-electron chi connectivity index (χ0n) is 7.84. The highest BCUT2D eigenvalue weighted by Gasteiger charge is 2.17. The maximum absolute atomic E-state index is 8.34. The van der Waals surface area contributed by atoms with Gasteiger partial charge in [-0.1, -0.05) is 19.8 Å². The molecule has 1 saturated carbocycles. The fraction of sp³-hybridized carbons (Fsp3) is 0.900. The van der Waals surface area contributed by atoms with E-state index in [1.165, 1.54) is 25.7 Å². The smallest absolute Gasteiger partial charge is 0.0841 e. The lowest BCUT2D eigenvalue weighted by atomic mass is 9.82. The fourth-order valence-electron chi connectivity index (χ4n) is 2.08. The van der Waals surface area contributed by atoms with E-state index in [1.807, 2.05) is 0 Å². The van der Waals surface area contributed by atoms with Gasteiger partial charge in [0.05, 0.1) is 12.6 Å². The Bertz CT molecular complexity index is 160. The van der Waals surface area contributed by atoms with Gasteiger partial charge in [0.2, 0.25) is 0 Å². The van der Waals surface area contributed by atoms with Crippen LogP contribution in [-0.2, 0) is 0 Å². The van der Waals surface area contributed by atoms with Crippen LogP contribution in [0.4, 0.5) is 0 Å². The van der Waals surface area contributed by atoms with Crippen LogP contribution in [0.5, 0.6) is 0 Å². The van der Waals surface area contributed by atoms with Crippen molar-refractivity contribution in [1.82, 2.24) is 5.32 Å². The molecule has 0 aliphatic heterocycles. The van der Waals surface area contributed by atoms with Crippen molar-refractivity contribution in [3.05, 3.63) is 0 Å². The topological polar surface area (TPSA) is 35.8 Å². The Morgan fingerprint density at radius 1 is 1.50 bits per heavy atom. The van der Waals surface area contributed by atoms with Gasteiger partial charge < -0.3 is 5.32 Å². The molecule has 12 heavy (non-hydrogen) atoms. The van der Waals surface area contributed by atoms with E-state index in [0.29, 0.717) is 6.54 Å². The molecule has 0 amide bonds. The van der Waals surface area contributed by atoms with Crippen molar-refractivity contribution in [3.8, 4) is 6.07 Å². The molecule has 0 aromatic rings. The second kappa shape index (κ2) is 5.16. The third kappa shape index (κ3) is 3.23. The largest absolute Gasteiger partial charge is 0.304 e. The first kappa shape index (κ1) is 9.54. The molecule has 0 aromatic heterocycles. The molecule has 2 unspecified atom stereocenters. The van der Waals surface area contributed by atoms with E-state index < -0.39 is 0 Å². The maximum Gasteiger partial charge on any atom is 0.0841 e. The molecule has 0 radical (unpaired) electrons. The van der Waals surface area contributed by atoms with E-state index in [9.17, 15) is 0 Å². The number of rotatable bonds is 3. The molecule has 1 N–H and O–H groups in total. The zero-order valence-corrected chi connectivity index (χ0v) is 7.84. The van der Waals surface area contributed by atoms with Gasteiger partial charge in [0.15, 0.2) is 0 Å². The molecule has 2 atom stereocenters. The minimum Gasteiger partial charge on any atom is -0.304 e. The van der Waals surface area contributed by atoms with E-state index in [2.05, 4.69) is 18.3 Å². The number of nitrogens with one attached hydrogen (secondary N) is 1. The first-order valence-electron chi connectivity index (χ1n) is 4.90. The molecule has 1 rings (SSSR count). The van der Waals surface area contributed by atoms with Gasteiger partial charge in [-0.05, 0) is 31.2 Å². The second-order valence-corrected chi connectivity index (χ2v) is 3.93. The standard InChI is InChI=1S/C10H18N2/c1-9-3-2-4-10(7-9)8-12-6-5-11/h9-10,12H,2-4,6-8H2,1H3. The van der Waals surface area contributed by atoms with Gasteiger partial charge >= 0.3 is 0 Å². The number of nitrogens with zero attached hydrogens (tertiary/aromatic N) is 1. The van der Waals surface area contributed by atoms with E-state index in [-0.39, 0.29) is 0 Å². The molecular weight excluding hydrogens is 148 g/mol. The highest BCUT2D eigenvalue weighted by atomic mass is 14.9. The van der Waals surface area contributed by atoms with Gasteiger partial charge in [0.25, 0.3) is 0 Å². The van der Waals surface area contributed by atoms with E-state index in [1.54, 1.807) is 0 Å². The van der Waals surface area contributed by atoms with Gasteiger partial charge in [-0.2, -0.15) is 5.26 Å². The maximum atomic E-state index is 8.34. The summed E-state index contributed by atoms with van der Waals surface area (Å²) in [5.41, 5.74) is 0. The van der Waals surface area contributed by atoms with Crippen molar-refractivity contribution >= 4 is 0 Å². The predicted octanol–water partition coefficient (Wildman–Crippen LogP) is 1.93. The molecule has 1 aliphatic carbocycles. The first-order chi connectivity index (χ1) is 5.83. The average Bonchev–Trinajstić information content (AvgIpc) is 2.05. The van der Waals surface area contributed by atoms with E-state index in [4.69, 9.17) is 5.26 Å². The Hall–Kier alpha value is -0.550. The molecule has 0 heterocycles. The van der Waals surface area contributed by atoms with Crippen molar-refractivity contribution in [2.75, 3.05) is 13.1 Å². The summed E-state index contributed by atoms with van der Waals surface area (Å²) in [5, 5.41) is 11.5. The third-order valence-electron chi connectivity index (χ3n) is 2.68. The summed E-state index contributed by atoms with van der Waals surface area (Å²) in [6, 6.07) is 2.11. The first-order valence-corrected chi connectivity index (χ1v) is 4.90. The van der Waals surface area contributed by atoms with Crippen LogP contribution < -0.4 is 5.32 Å². The van der Waals surface area contributed by atoms with Crippen molar-refractivity contribution in [2.24, 2.45) is 11.8 Å². The molecule has 1 fully saturated rings. The Morgan fingerprint density at radius 3 is 3.00 bits per heavy atom. The Morgan fingerprint density at radius 2 is 2.33 bits per heavy atom. The summed E-state index contributed by atoms with van der Waals surface area (Å²) in [6.07, 6.45) is 5.47. The summed E-state index contributed by atoms with van der Waals surface area (Å²) in [6.45, 7) is 3.87. The molecular formula is C10H18N2. The minimum atomic E-state index is 0.505. The summed E-state index contributed by atoms with van der Waals surface area (Å²) >= 11 is 0. The average molecular weight is 166 g/mol. The van der Waals surface area contributed by atoms with E-state index in [0.717, 1.165) is 18.4 Å². The van der Waals surface area contributed by atoms with Crippen molar-refractivity contribution in [3.63, 3.8) is 0 Å². The summed E-state index contributed by atoms with van der Waals surface area (Å²) in [4.78, 5) is 0. The molecule has 1 aliphatic rings. The third-order valence-corrected chi connectivity index (χ3v) is 2.68. The molecule has 0 bridgehead atoms. The van der Waals surface area contributed by atoms with Crippen molar-refractivity contribution in [1.29, 1.82) is 5.26 Å². The number of nitriles is 1. The lowest BCUT2D eigenvalue weighted by molar-refractivity contribution is 0.277. The minimum absolute atomic E-state index is 0.505. The lowest BCUT2D eigenvalue weighted by Crippen LogP contribution is -2.26. The summed E-state index contributed by atoms with van der Waals surface area (Å²) in [5.74, 6) is 1.72. The van der Waals surface area contributed by atoms with Gasteiger partial charge in [-0.15, -0.1) is 0 Å². The molecule has 2 heteroatoms. The molecule has 0 spiro atoms. The van der Waals surface area contributed by atoms with Gasteiger partial charge in [0, 0.05) is 0 Å². The van der Waals surface area contributed by atoms with Gasteiger partial charge in [-0.3, -0.25) is 0 Å². The van der Waals surface area contributed by atoms with Crippen LogP contribution in [0.25, 0.3) is 0 Å². The van der Waals surface area contributed by atoms with Crippen molar-refractivity contribution in [2.45, 2.75) is 32.6 Å². The van der Waals surface area contributed by atoms with Gasteiger partial charge in [0.1, 0.15) is 0 Å². The van der Waals surface area contributed by atoms with Crippen LogP contribution in [0.3, 0.4) is 0 Å². The van der Waals surface area contributed by atoms with Crippen LogP contribution >= 0.6 is 0 Å². The molecule has 2 nitrogen and oxygen atoms in total. The van der Waals surface area contributed by atoms with E-state index >= 15 is 0 Å². The second-order valence-electron chi connectivity index (χ2n) is 3.93. The number of hydrogen-bond acceptors (Lipinski definition) is 2. The van der Waals surface area contributed by atoms with Crippen LogP contribution in [0.1, 0.15) is 32.6 Å². The lowest BCUT2D eigenvalue weighted by Gasteiger charge is -2.26. The highest BCUT2D eigenvalue weighted by molar-refractivity contribution is 4.77. The fourth-order valence-corrected chi connectivity index (χ4v) is 2.08. The van der Waals surface area contributed by atoms with Crippen LogP contribution in [-0.4, -0.2) is 13.1 Å². The molecule has 0 aromatic carbocycles. The van der Waals surface area contributed by atoms with Crippen LogP contribution in [0.15, 0.2) is 0 Å². The van der Waals surface area contributed by atoms with Crippen LogP contribution in [0, 0.1) is 23.2 Å². The quantitative estimate of drug-likeness (QED) is 0.513. The Balaban J connectivity index is 2.11.